The highest BCUT2D eigenvalue weighted by Crippen LogP contribution is 2.30. The molecule has 0 radical (unpaired) electrons. The number of aliphatic hydroxyl groups excluding tert-OH is 3. The molecule has 5 unspecified atom stereocenters. The largest absolute Gasteiger partial charge is 0.388 e. The van der Waals surface area contributed by atoms with Crippen molar-refractivity contribution >= 4 is 0 Å². The lowest BCUT2D eigenvalue weighted by Gasteiger charge is -2.44. The van der Waals surface area contributed by atoms with Gasteiger partial charge in [0.05, 0.1) is 51.8 Å². The average molecular weight is 793 g/mol. The summed E-state index contributed by atoms with van der Waals surface area (Å²) in [4.78, 5) is 0. The Bertz CT molecular complexity index is 1840. The SMILES string of the molecule is CC1O[C@@H](C)C(O)[C@@H](O)[C@H]1OCc1ccccc1.OC1OC(COCc2ccccc2)[C@@H](OCc2ccccc2)[C@@H](OCc2ccccc2)C1OCc1ccccc1. The van der Waals surface area contributed by atoms with E-state index in [1.807, 2.05) is 159 Å². The van der Waals surface area contributed by atoms with E-state index < -0.39 is 49.0 Å². The number of aliphatic hydroxyl groups is 3. The van der Waals surface area contributed by atoms with Gasteiger partial charge in [-0.25, -0.2) is 0 Å². The number of ether oxygens (including phenoxy) is 7. The molecule has 58 heavy (non-hydrogen) atoms. The maximum atomic E-state index is 11.2. The zero-order valence-electron chi connectivity index (χ0n) is 33.1. The molecule has 2 heterocycles. The van der Waals surface area contributed by atoms with Crippen LogP contribution in [-0.4, -0.2) is 83.2 Å². The van der Waals surface area contributed by atoms with Crippen LogP contribution in [0.3, 0.4) is 0 Å². The maximum Gasteiger partial charge on any atom is 0.184 e. The lowest BCUT2D eigenvalue weighted by atomic mass is 9.96. The summed E-state index contributed by atoms with van der Waals surface area (Å²) < 4.78 is 42.6. The Kier molecular flexibility index (Phi) is 17.0. The summed E-state index contributed by atoms with van der Waals surface area (Å²) in [5.41, 5.74) is 5.13. The van der Waals surface area contributed by atoms with E-state index in [2.05, 4.69) is 0 Å². The van der Waals surface area contributed by atoms with Crippen LogP contribution in [0.5, 0.6) is 0 Å². The van der Waals surface area contributed by atoms with Gasteiger partial charge in [0.25, 0.3) is 0 Å². The Hall–Kier alpha value is -4.30. The third kappa shape index (κ3) is 12.8. The van der Waals surface area contributed by atoms with E-state index in [1.165, 1.54) is 0 Å². The summed E-state index contributed by atoms with van der Waals surface area (Å²) >= 11 is 0. The molecule has 0 spiro atoms. The number of hydrogen-bond acceptors (Lipinski definition) is 10. The van der Waals surface area contributed by atoms with Gasteiger partial charge < -0.3 is 48.5 Å². The van der Waals surface area contributed by atoms with Crippen molar-refractivity contribution in [3.8, 4) is 0 Å². The van der Waals surface area contributed by atoms with Crippen molar-refractivity contribution in [2.45, 2.75) is 108 Å². The van der Waals surface area contributed by atoms with Gasteiger partial charge in [-0.2, -0.15) is 0 Å². The van der Waals surface area contributed by atoms with Crippen molar-refractivity contribution in [3.05, 3.63) is 179 Å². The van der Waals surface area contributed by atoms with Crippen LogP contribution >= 0.6 is 0 Å². The molecule has 0 amide bonds. The first-order valence-corrected chi connectivity index (χ1v) is 19.9. The topological polar surface area (TPSA) is 125 Å². The molecule has 5 aromatic carbocycles. The first kappa shape index (κ1) is 43.3. The molecule has 5 aromatic rings. The third-order valence-electron chi connectivity index (χ3n) is 10.2. The number of hydrogen-bond donors (Lipinski definition) is 3. The van der Waals surface area contributed by atoms with Crippen molar-refractivity contribution < 1.29 is 48.5 Å². The minimum absolute atomic E-state index is 0.224. The van der Waals surface area contributed by atoms with Gasteiger partial charge in [-0.1, -0.05) is 152 Å². The Labute approximate surface area is 341 Å². The molecule has 2 saturated heterocycles. The van der Waals surface area contributed by atoms with Gasteiger partial charge in [0, 0.05) is 0 Å². The van der Waals surface area contributed by atoms with Gasteiger partial charge in [-0.05, 0) is 41.7 Å². The molecule has 0 saturated carbocycles. The van der Waals surface area contributed by atoms with E-state index in [0.29, 0.717) is 33.0 Å². The molecule has 308 valence electrons. The van der Waals surface area contributed by atoms with Crippen molar-refractivity contribution in [2.75, 3.05) is 6.61 Å². The van der Waals surface area contributed by atoms with Crippen molar-refractivity contribution in [2.24, 2.45) is 0 Å². The van der Waals surface area contributed by atoms with E-state index in [0.717, 1.165) is 27.8 Å². The van der Waals surface area contributed by atoms with E-state index in [4.69, 9.17) is 33.2 Å². The molecule has 0 aliphatic carbocycles. The number of benzene rings is 5. The molecule has 2 aliphatic heterocycles. The fraction of sp³-hybridized carbons (Fsp3) is 0.375. The highest BCUT2D eigenvalue weighted by Gasteiger charge is 2.48. The summed E-state index contributed by atoms with van der Waals surface area (Å²) in [6.45, 7) is 5.64. The van der Waals surface area contributed by atoms with Gasteiger partial charge in [-0.3, -0.25) is 0 Å². The lowest BCUT2D eigenvalue weighted by molar-refractivity contribution is -0.317. The minimum Gasteiger partial charge on any atom is -0.388 e. The van der Waals surface area contributed by atoms with Crippen LogP contribution in [0.15, 0.2) is 152 Å². The third-order valence-corrected chi connectivity index (χ3v) is 10.2. The van der Waals surface area contributed by atoms with Gasteiger partial charge in [0.1, 0.15) is 42.7 Å². The lowest BCUT2D eigenvalue weighted by Crippen LogP contribution is -2.61. The molecule has 10 atom stereocenters. The zero-order valence-corrected chi connectivity index (χ0v) is 33.1. The monoisotopic (exact) mass is 792 g/mol. The molecular formula is C48H56O10. The molecule has 3 N–H and O–H groups in total. The Balaban J connectivity index is 0.000000263. The molecule has 2 fully saturated rings. The minimum atomic E-state index is -1.22. The normalized spacial score (nSPS) is 27.0. The molecule has 0 aromatic heterocycles. The van der Waals surface area contributed by atoms with Gasteiger partial charge in [0.15, 0.2) is 6.29 Å². The van der Waals surface area contributed by atoms with Crippen molar-refractivity contribution in [1.82, 2.24) is 0 Å². The second-order valence-corrected chi connectivity index (χ2v) is 14.6. The molecule has 2 aliphatic rings. The summed E-state index contributed by atoms with van der Waals surface area (Å²) in [5.74, 6) is 0. The highest BCUT2D eigenvalue weighted by atomic mass is 16.7. The van der Waals surface area contributed by atoms with Crippen molar-refractivity contribution in [1.29, 1.82) is 0 Å². The summed E-state index contributed by atoms with van der Waals surface area (Å²) in [6, 6.07) is 49.5. The molecular weight excluding hydrogens is 737 g/mol. The predicted molar refractivity (Wildman–Crippen MR) is 219 cm³/mol. The number of rotatable bonds is 16. The van der Waals surface area contributed by atoms with Gasteiger partial charge in [0.2, 0.25) is 0 Å². The standard InChI is InChI=1S/C34H36O6.C14H20O4/c35-34-33(39-24-29-19-11-4-12-20-29)32(38-23-28-17-9-3-10-18-28)31(37-22-27-15-7-2-8-16-27)30(40-34)25-36-21-26-13-5-1-6-14-26;1-9-12(15)13(16)14(10(2)18-9)17-8-11-6-4-3-5-7-11/h1-20,30-35H,21-25H2;3-7,9-10,12-16H,8H2,1-2H3/t30?,31-,32-,33?,34?;9-,10?,12?,13+,14-/m10/s1. The summed E-state index contributed by atoms with van der Waals surface area (Å²) in [5, 5.41) is 30.9. The molecule has 7 rings (SSSR count). The average Bonchev–Trinajstić information content (AvgIpc) is 3.26. The van der Waals surface area contributed by atoms with Crippen LogP contribution in [0, 0.1) is 0 Å². The Morgan fingerprint density at radius 1 is 0.397 bits per heavy atom. The first-order valence-electron chi connectivity index (χ1n) is 19.9. The van der Waals surface area contributed by atoms with E-state index in [1.54, 1.807) is 6.92 Å². The maximum absolute atomic E-state index is 11.2. The van der Waals surface area contributed by atoms with E-state index in [9.17, 15) is 15.3 Å². The van der Waals surface area contributed by atoms with Gasteiger partial charge in [-0.15, -0.1) is 0 Å². The summed E-state index contributed by atoms with van der Waals surface area (Å²) in [7, 11) is 0. The van der Waals surface area contributed by atoms with E-state index >= 15 is 0 Å². The second-order valence-electron chi connectivity index (χ2n) is 14.6. The van der Waals surface area contributed by atoms with Crippen LogP contribution in [0.2, 0.25) is 0 Å². The van der Waals surface area contributed by atoms with Crippen LogP contribution in [0.4, 0.5) is 0 Å². The quantitative estimate of drug-likeness (QED) is 0.0986. The Morgan fingerprint density at radius 3 is 1.19 bits per heavy atom. The highest BCUT2D eigenvalue weighted by molar-refractivity contribution is 5.17. The summed E-state index contributed by atoms with van der Waals surface area (Å²) in [6.07, 6.45) is -6.63. The smallest absolute Gasteiger partial charge is 0.184 e. The fourth-order valence-electron chi connectivity index (χ4n) is 7.01. The fourth-order valence-corrected chi connectivity index (χ4v) is 7.01. The molecule has 10 nitrogen and oxygen atoms in total. The van der Waals surface area contributed by atoms with Crippen LogP contribution in [-0.2, 0) is 66.2 Å². The molecule has 0 bridgehead atoms. The first-order chi connectivity index (χ1) is 28.4. The second kappa shape index (κ2) is 22.7. The predicted octanol–water partition coefficient (Wildman–Crippen LogP) is 6.78. The molecule has 10 heteroatoms. The van der Waals surface area contributed by atoms with Gasteiger partial charge >= 0.3 is 0 Å². The Morgan fingerprint density at radius 2 is 0.759 bits per heavy atom. The van der Waals surface area contributed by atoms with Crippen molar-refractivity contribution in [3.63, 3.8) is 0 Å². The van der Waals surface area contributed by atoms with Crippen LogP contribution in [0.1, 0.15) is 41.7 Å². The van der Waals surface area contributed by atoms with Crippen LogP contribution in [0.25, 0.3) is 0 Å². The van der Waals surface area contributed by atoms with E-state index in [-0.39, 0.29) is 18.8 Å². The van der Waals surface area contributed by atoms with Crippen LogP contribution < -0.4 is 0 Å². The zero-order chi connectivity index (χ0) is 40.5.